The van der Waals surface area contributed by atoms with Crippen LogP contribution in [0.1, 0.15) is 25.3 Å². The molecule has 96 valence electrons. The normalized spacial score (nSPS) is 11.5. The highest BCUT2D eigenvalue weighted by Gasteiger charge is 2.14. The predicted molar refractivity (Wildman–Crippen MR) is 75.7 cm³/mol. The Hall–Kier alpha value is -2.29. The van der Waals surface area contributed by atoms with Crippen molar-refractivity contribution in [2.75, 3.05) is 0 Å². The summed E-state index contributed by atoms with van der Waals surface area (Å²) in [5.41, 5.74) is 1.05. The first-order chi connectivity index (χ1) is 9.08. The molecule has 3 rings (SSSR count). The van der Waals surface area contributed by atoms with Gasteiger partial charge in [0.15, 0.2) is 0 Å². The van der Waals surface area contributed by atoms with Gasteiger partial charge in [-0.3, -0.25) is 0 Å². The summed E-state index contributed by atoms with van der Waals surface area (Å²) in [6, 6.07) is 10.6. The van der Waals surface area contributed by atoms with E-state index in [2.05, 4.69) is 0 Å². The van der Waals surface area contributed by atoms with E-state index in [9.17, 15) is 9.90 Å². The molecule has 2 aromatic carbocycles. The molecule has 0 aliphatic rings. The van der Waals surface area contributed by atoms with Gasteiger partial charge in [0.05, 0.1) is 5.39 Å². The SMILES string of the molecule is CC(C)c1cc(O)cc2oc(=O)c3ccccc3c12. The first kappa shape index (κ1) is 11.8. The van der Waals surface area contributed by atoms with Crippen LogP contribution in [0.3, 0.4) is 0 Å². The van der Waals surface area contributed by atoms with Gasteiger partial charge in [-0.25, -0.2) is 4.79 Å². The summed E-state index contributed by atoms with van der Waals surface area (Å²) in [7, 11) is 0. The zero-order valence-corrected chi connectivity index (χ0v) is 10.8. The molecule has 0 fully saturated rings. The average Bonchev–Trinajstić information content (AvgIpc) is 2.37. The van der Waals surface area contributed by atoms with E-state index in [0.717, 1.165) is 16.3 Å². The van der Waals surface area contributed by atoms with Crippen molar-refractivity contribution in [2.24, 2.45) is 0 Å². The van der Waals surface area contributed by atoms with Crippen molar-refractivity contribution in [3.8, 4) is 5.75 Å². The minimum absolute atomic E-state index is 0.120. The van der Waals surface area contributed by atoms with Crippen molar-refractivity contribution in [3.05, 3.63) is 52.4 Å². The van der Waals surface area contributed by atoms with Crippen LogP contribution < -0.4 is 5.63 Å². The van der Waals surface area contributed by atoms with E-state index in [1.165, 1.54) is 6.07 Å². The second-order valence-electron chi connectivity index (χ2n) is 5.00. The molecule has 0 saturated carbocycles. The summed E-state index contributed by atoms with van der Waals surface area (Å²) in [5.74, 6) is 0.348. The summed E-state index contributed by atoms with van der Waals surface area (Å²) >= 11 is 0. The first-order valence-electron chi connectivity index (χ1n) is 6.26. The minimum Gasteiger partial charge on any atom is -0.508 e. The smallest absolute Gasteiger partial charge is 0.344 e. The Morgan fingerprint density at radius 1 is 1.11 bits per heavy atom. The third kappa shape index (κ3) is 1.78. The van der Waals surface area contributed by atoms with E-state index in [1.807, 2.05) is 32.0 Å². The lowest BCUT2D eigenvalue weighted by Gasteiger charge is -2.12. The Balaban J connectivity index is 2.63. The number of hydrogen-bond acceptors (Lipinski definition) is 3. The average molecular weight is 254 g/mol. The third-order valence-corrected chi connectivity index (χ3v) is 3.36. The standard InChI is InChI=1S/C16H14O3/c1-9(2)13-7-10(17)8-14-15(13)11-5-3-4-6-12(11)16(18)19-14/h3-9,17H,1-2H3. The molecule has 0 aliphatic carbocycles. The second kappa shape index (κ2) is 4.12. The molecule has 0 saturated heterocycles. The van der Waals surface area contributed by atoms with E-state index in [-0.39, 0.29) is 17.3 Å². The Kier molecular flexibility index (Phi) is 2.56. The summed E-state index contributed by atoms with van der Waals surface area (Å²) in [6.45, 7) is 4.10. The van der Waals surface area contributed by atoms with Gasteiger partial charge in [0.25, 0.3) is 0 Å². The van der Waals surface area contributed by atoms with Gasteiger partial charge < -0.3 is 9.52 Å². The first-order valence-corrected chi connectivity index (χ1v) is 6.26. The summed E-state index contributed by atoms with van der Waals surface area (Å²) in [4.78, 5) is 11.9. The van der Waals surface area contributed by atoms with Crippen LogP contribution >= 0.6 is 0 Å². The van der Waals surface area contributed by atoms with E-state index in [0.29, 0.717) is 11.0 Å². The quantitative estimate of drug-likeness (QED) is 0.531. The van der Waals surface area contributed by atoms with E-state index in [1.54, 1.807) is 12.1 Å². The fourth-order valence-corrected chi connectivity index (χ4v) is 2.48. The highest BCUT2D eigenvalue weighted by atomic mass is 16.4. The Bertz CT molecular complexity index is 828. The number of phenolic OH excluding ortho intramolecular Hbond substituents is 1. The molecule has 0 unspecified atom stereocenters. The second-order valence-corrected chi connectivity index (χ2v) is 5.00. The summed E-state index contributed by atoms with van der Waals surface area (Å²) in [6.07, 6.45) is 0. The molecular weight excluding hydrogens is 240 g/mol. The number of hydrogen-bond donors (Lipinski definition) is 1. The van der Waals surface area contributed by atoms with Gasteiger partial charge in [0.1, 0.15) is 11.3 Å². The Labute approximate surface area is 110 Å². The molecule has 1 aromatic heterocycles. The van der Waals surface area contributed by atoms with Crippen molar-refractivity contribution in [1.29, 1.82) is 0 Å². The minimum atomic E-state index is -0.372. The highest BCUT2D eigenvalue weighted by molar-refractivity contribution is 6.06. The maximum absolute atomic E-state index is 11.9. The van der Waals surface area contributed by atoms with Crippen LogP contribution in [0.15, 0.2) is 45.6 Å². The van der Waals surface area contributed by atoms with Crippen LogP contribution in [-0.2, 0) is 0 Å². The highest BCUT2D eigenvalue weighted by Crippen LogP contribution is 2.33. The largest absolute Gasteiger partial charge is 0.508 e. The molecule has 0 spiro atoms. The van der Waals surface area contributed by atoms with E-state index < -0.39 is 0 Å². The van der Waals surface area contributed by atoms with Crippen molar-refractivity contribution < 1.29 is 9.52 Å². The molecule has 3 aromatic rings. The van der Waals surface area contributed by atoms with Crippen LogP contribution in [0, 0.1) is 0 Å². The van der Waals surface area contributed by atoms with Gasteiger partial charge in [-0.1, -0.05) is 32.0 Å². The van der Waals surface area contributed by atoms with Gasteiger partial charge in [-0.05, 0) is 23.6 Å². The van der Waals surface area contributed by atoms with Crippen LogP contribution in [-0.4, -0.2) is 5.11 Å². The number of fused-ring (bicyclic) bond motifs is 3. The molecule has 0 atom stereocenters. The van der Waals surface area contributed by atoms with Crippen molar-refractivity contribution in [2.45, 2.75) is 19.8 Å². The number of rotatable bonds is 1. The fourth-order valence-electron chi connectivity index (χ4n) is 2.48. The summed E-state index contributed by atoms with van der Waals surface area (Å²) in [5, 5.41) is 12.1. The van der Waals surface area contributed by atoms with Crippen LogP contribution in [0.2, 0.25) is 0 Å². The molecule has 0 aliphatic heterocycles. The van der Waals surface area contributed by atoms with Crippen molar-refractivity contribution >= 4 is 21.7 Å². The zero-order valence-electron chi connectivity index (χ0n) is 10.8. The van der Waals surface area contributed by atoms with Crippen molar-refractivity contribution in [3.63, 3.8) is 0 Å². The molecule has 0 amide bonds. The van der Waals surface area contributed by atoms with Gasteiger partial charge in [-0.2, -0.15) is 0 Å². The zero-order chi connectivity index (χ0) is 13.6. The number of aromatic hydroxyl groups is 1. The number of benzene rings is 2. The van der Waals surface area contributed by atoms with Crippen molar-refractivity contribution in [1.82, 2.24) is 0 Å². The molecule has 1 heterocycles. The van der Waals surface area contributed by atoms with Crippen LogP contribution in [0.25, 0.3) is 21.7 Å². The topological polar surface area (TPSA) is 50.4 Å². The van der Waals surface area contributed by atoms with Gasteiger partial charge in [-0.15, -0.1) is 0 Å². The molecule has 0 radical (unpaired) electrons. The molecule has 0 bridgehead atoms. The molecular formula is C16H14O3. The lowest BCUT2D eigenvalue weighted by Crippen LogP contribution is -2.01. The number of phenols is 1. The Morgan fingerprint density at radius 3 is 2.47 bits per heavy atom. The van der Waals surface area contributed by atoms with Gasteiger partial charge in [0, 0.05) is 16.8 Å². The van der Waals surface area contributed by atoms with Crippen LogP contribution in [0.4, 0.5) is 0 Å². The maximum Gasteiger partial charge on any atom is 0.344 e. The predicted octanol–water partition coefficient (Wildman–Crippen LogP) is 3.78. The summed E-state index contributed by atoms with van der Waals surface area (Å²) < 4.78 is 5.33. The van der Waals surface area contributed by atoms with E-state index >= 15 is 0 Å². The molecule has 1 N–H and O–H groups in total. The molecule has 3 nitrogen and oxygen atoms in total. The van der Waals surface area contributed by atoms with Gasteiger partial charge >= 0.3 is 5.63 Å². The lowest BCUT2D eigenvalue weighted by molar-refractivity contribution is 0.472. The third-order valence-electron chi connectivity index (χ3n) is 3.36. The van der Waals surface area contributed by atoms with Crippen LogP contribution in [0.5, 0.6) is 5.75 Å². The monoisotopic (exact) mass is 254 g/mol. The lowest BCUT2D eigenvalue weighted by atomic mass is 9.95. The fraction of sp³-hybridized carbons (Fsp3) is 0.188. The van der Waals surface area contributed by atoms with Gasteiger partial charge in [0.2, 0.25) is 0 Å². The molecule has 3 heteroatoms. The molecule has 19 heavy (non-hydrogen) atoms. The van der Waals surface area contributed by atoms with E-state index in [4.69, 9.17) is 4.42 Å². The Morgan fingerprint density at radius 2 is 1.79 bits per heavy atom. The maximum atomic E-state index is 11.9.